The van der Waals surface area contributed by atoms with Gasteiger partial charge in [0.15, 0.2) is 11.6 Å². The monoisotopic (exact) mass is 273 g/mol. The zero-order valence-corrected chi connectivity index (χ0v) is 9.43. The van der Waals surface area contributed by atoms with Crippen LogP contribution in [-0.2, 0) is 6.18 Å². The molecule has 0 aliphatic heterocycles. The van der Waals surface area contributed by atoms with Crippen LogP contribution in [0.15, 0.2) is 36.4 Å². The van der Waals surface area contributed by atoms with Gasteiger partial charge in [-0.25, -0.2) is 8.78 Å². The highest BCUT2D eigenvalue weighted by Gasteiger charge is 2.30. The molecule has 0 unspecified atom stereocenters. The summed E-state index contributed by atoms with van der Waals surface area (Å²) in [6.07, 6.45) is -4.45. The average Bonchev–Trinajstić information content (AvgIpc) is 2.33. The van der Waals surface area contributed by atoms with Crippen molar-refractivity contribution in [3.8, 4) is 11.1 Å². The number of halogens is 5. The molecule has 2 aromatic carbocycles. The number of anilines is 1. The van der Waals surface area contributed by atoms with E-state index in [0.717, 1.165) is 36.4 Å². The van der Waals surface area contributed by atoms with Crippen LogP contribution < -0.4 is 5.73 Å². The highest BCUT2D eigenvalue weighted by atomic mass is 19.4. The molecule has 2 aromatic rings. The Morgan fingerprint density at radius 3 is 1.89 bits per heavy atom. The summed E-state index contributed by atoms with van der Waals surface area (Å²) in [5, 5.41) is 0. The van der Waals surface area contributed by atoms with Crippen LogP contribution >= 0.6 is 0 Å². The molecule has 0 amide bonds. The fourth-order valence-electron chi connectivity index (χ4n) is 1.65. The standard InChI is InChI=1S/C13H8F5N/c14-10-5-9(12(19)6-11(10)15)7-1-3-8(4-2-7)13(16,17)18/h1-6H,19H2. The molecule has 100 valence electrons. The number of rotatable bonds is 1. The lowest BCUT2D eigenvalue weighted by Crippen LogP contribution is -2.04. The van der Waals surface area contributed by atoms with Gasteiger partial charge in [-0.3, -0.25) is 0 Å². The number of benzene rings is 2. The van der Waals surface area contributed by atoms with Crippen molar-refractivity contribution in [1.82, 2.24) is 0 Å². The molecule has 0 heterocycles. The zero-order valence-electron chi connectivity index (χ0n) is 9.43. The lowest BCUT2D eigenvalue weighted by Gasteiger charge is -2.09. The maximum absolute atomic E-state index is 13.1. The van der Waals surface area contributed by atoms with Crippen molar-refractivity contribution in [3.05, 3.63) is 53.6 Å². The van der Waals surface area contributed by atoms with Crippen LogP contribution in [0.5, 0.6) is 0 Å². The second-order valence-electron chi connectivity index (χ2n) is 3.93. The minimum absolute atomic E-state index is 0.0429. The van der Waals surface area contributed by atoms with E-state index >= 15 is 0 Å². The van der Waals surface area contributed by atoms with Crippen LogP contribution in [0.3, 0.4) is 0 Å². The van der Waals surface area contributed by atoms with Crippen LogP contribution in [0.1, 0.15) is 5.56 Å². The third-order valence-corrected chi connectivity index (χ3v) is 2.62. The molecule has 0 radical (unpaired) electrons. The van der Waals surface area contributed by atoms with Gasteiger partial charge in [0.1, 0.15) is 0 Å². The number of alkyl halides is 3. The first-order valence-corrected chi connectivity index (χ1v) is 5.21. The van der Waals surface area contributed by atoms with E-state index in [1.165, 1.54) is 0 Å². The Labute approximate surface area is 105 Å². The van der Waals surface area contributed by atoms with Crippen LogP contribution in [0.25, 0.3) is 11.1 Å². The minimum atomic E-state index is -4.45. The molecule has 0 aliphatic carbocycles. The Balaban J connectivity index is 2.46. The third-order valence-electron chi connectivity index (χ3n) is 2.62. The molecule has 19 heavy (non-hydrogen) atoms. The highest BCUT2D eigenvalue weighted by Crippen LogP contribution is 2.33. The molecular formula is C13H8F5N. The molecule has 0 saturated heterocycles. The van der Waals surface area contributed by atoms with Crippen molar-refractivity contribution in [3.63, 3.8) is 0 Å². The van der Waals surface area contributed by atoms with E-state index in [1.807, 2.05) is 0 Å². The number of hydrogen-bond acceptors (Lipinski definition) is 1. The maximum Gasteiger partial charge on any atom is 0.416 e. The SMILES string of the molecule is Nc1cc(F)c(F)cc1-c1ccc(C(F)(F)F)cc1. The van der Waals surface area contributed by atoms with Gasteiger partial charge in [0.2, 0.25) is 0 Å². The third kappa shape index (κ3) is 2.67. The van der Waals surface area contributed by atoms with E-state index in [1.54, 1.807) is 0 Å². The summed E-state index contributed by atoms with van der Waals surface area (Å²) in [6, 6.07) is 5.68. The zero-order chi connectivity index (χ0) is 14.2. The molecule has 0 bridgehead atoms. The molecule has 0 fully saturated rings. The van der Waals surface area contributed by atoms with E-state index < -0.39 is 23.4 Å². The van der Waals surface area contributed by atoms with Gasteiger partial charge in [-0.05, 0) is 23.8 Å². The molecule has 1 nitrogen and oxygen atoms in total. The summed E-state index contributed by atoms with van der Waals surface area (Å²) in [5.41, 5.74) is 5.08. The quantitative estimate of drug-likeness (QED) is 0.610. The molecule has 0 atom stereocenters. The van der Waals surface area contributed by atoms with E-state index in [2.05, 4.69) is 0 Å². The van der Waals surface area contributed by atoms with Crippen molar-refractivity contribution < 1.29 is 22.0 Å². The minimum Gasteiger partial charge on any atom is -0.398 e. The van der Waals surface area contributed by atoms with E-state index in [-0.39, 0.29) is 16.8 Å². The molecule has 0 saturated carbocycles. The Morgan fingerprint density at radius 1 is 0.842 bits per heavy atom. The molecule has 0 aliphatic rings. The molecule has 6 heteroatoms. The largest absolute Gasteiger partial charge is 0.416 e. The van der Waals surface area contributed by atoms with Crippen molar-refractivity contribution >= 4 is 5.69 Å². The molecule has 0 aromatic heterocycles. The van der Waals surface area contributed by atoms with Crippen molar-refractivity contribution in [1.29, 1.82) is 0 Å². The van der Waals surface area contributed by atoms with Gasteiger partial charge in [-0.1, -0.05) is 12.1 Å². The molecular weight excluding hydrogens is 265 g/mol. The first-order chi connectivity index (χ1) is 8.79. The second kappa shape index (κ2) is 4.53. The van der Waals surface area contributed by atoms with Gasteiger partial charge in [0.25, 0.3) is 0 Å². The summed E-state index contributed by atoms with van der Waals surface area (Å²) in [7, 11) is 0. The van der Waals surface area contributed by atoms with Crippen LogP contribution in [-0.4, -0.2) is 0 Å². The average molecular weight is 273 g/mol. The topological polar surface area (TPSA) is 26.0 Å². The normalized spacial score (nSPS) is 11.6. The Bertz CT molecular complexity index is 602. The van der Waals surface area contributed by atoms with Crippen molar-refractivity contribution in [2.45, 2.75) is 6.18 Å². The summed E-state index contributed by atoms with van der Waals surface area (Å²) in [6.45, 7) is 0. The lowest BCUT2D eigenvalue weighted by atomic mass is 10.0. The lowest BCUT2D eigenvalue weighted by molar-refractivity contribution is -0.137. The van der Waals surface area contributed by atoms with Gasteiger partial charge in [-0.15, -0.1) is 0 Å². The van der Waals surface area contributed by atoms with Gasteiger partial charge >= 0.3 is 6.18 Å². The number of nitrogen functional groups attached to an aromatic ring is 1. The van der Waals surface area contributed by atoms with Crippen molar-refractivity contribution in [2.24, 2.45) is 0 Å². The summed E-state index contributed by atoms with van der Waals surface area (Å²) < 4.78 is 63.1. The van der Waals surface area contributed by atoms with Crippen LogP contribution in [0, 0.1) is 11.6 Å². The second-order valence-corrected chi connectivity index (χ2v) is 3.93. The van der Waals surface area contributed by atoms with E-state index in [0.29, 0.717) is 0 Å². The summed E-state index contributed by atoms with van der Waals surface area (Å²) >= 11 is 0. The van der Waals surface area contributed by atoms with Crippen molar-refractivity contribution in [2.75, 3.05) is 5.73 Å². The summed E-state index contributed by atoms with van der Waals surface area (Å²) in [4.78, 5) is 0. The number of nitrogens with two attached hydrogens (primary N) is 1. The fraction of sp³-hybridized carbons (Fsp3) is 0.0769. The predicted octanol–water partition coefficient (Wildman–Crippen LogP) is 4.23. The van der Waals surface area contributed by atoms with Gasteiger partial charge in [0.05, 0.1) is 5.56 Å². The first kappa shape index (κ1) is 13.3. The Morgan fingerprint density at radius 2 is 1.37 bits per heavy atom. The molecule has 0 spiro atoms. The van der Waals surface area contributed by atoms with Crippen LogP contribution in [0.2, 0.25) is 0 Å². The summed E-state index contributed by atoms with van der Waals surface area (Å²) in [5.74, 6) is -2.21. The van der Waals surface area contributed by atoms with Gasteiger partial charge in [-0.2, -0.15) is 13.2 Å². The Kier molecular flexibility index (Phi) is 3.18. The predicted molar refractivity (Wildman–Crippen MR) is 61.2 cm³/mol. The smallest absolute Gasteiger partial charge is 0.398 e. The fourth-order valence-corrected chi connectivity index (χ4v) is 1.65. The van der Waals surface area contributed by atoms with Crippen LogP contribution in [0.4, 0.5) is 27.6 Å². The molecule has 2 rings (SSSR count). The van der Waals surface area contributed by atoms with Gasteiger partial charge in [0, 0.05) is 17.3 Å². The van der Waals surface area contributed by atoms with Gasteiger partial charge < -0.3 is 5.73 Å². The molecule has 2 N–H and O–H groups in total. The highest BCUT2D eigenvalue weighted by molar-refractivity contribution is 5.76. The number of hydrogen-bond donors (Lipinski definition) is 1. The van der Waals surface area contributed by atoms with E-state index in [9.17, 15) is 22.0 Å². The first-order valence-electron chi connectivity index (χ1n) is 5.21. The Hall–Kier alpha value is -2.11. The van der Waals surface area contributed by atoms with E-state index in [4.69, 9.17) is 5.73 Å². The maximum atomic E-state index is 13.1.